The Morgan fingerprint density at radius 2 is 1.80 bits per heavy atom. The number of hydrogen-bond acceptors (Lipinski definition) is 6. The van der Waals surface area contributed by atoms with Crippen LogP contribution in [0, 0.1) is 6.92 Å². The second-order valence-corrected chi connectivity index (χ2v) is 8.43. The van der Waals surface area contributed by atoms with Crippen LogP contribution in [-0.4, -0.2) is 29.7 Å². The molecule has 1 atom stereocenters. The van der Waals surface area contributed by atoms with Crippen molar-refractivity contribution in [3.05, 3.63) is 62.4 Å². The number of anilines is 1. The highest BCUT2D eigenvalue weighted by atomic mass is 32.2. The highest BCUT2D eigenvalue weighted by Crippen LogP contribution is 2.30. The first-order chi connectivity index (χ1) is 14.2. The van der Waals surface area contributed by atoms with Crippen molar-refractivity contribution in [3.8, 4) is 11.3 Å². The number of nitrogen functional groups attached to an aromatic ring is 1. The van der Waals surface area contributed by atoms with Crippen molar-refractivity contribution < 1.29 is 4.79 Å². The summed E-state index contributed by atoms with van der Waals surface area (Å²) in [4.78, 5) is 42.1. The number of aromatic nitrogens is 4. The third-order valence-electron chi connectivity index (χ3n) is 5.09. The lowest BCUT2D eigenvalue weighted by Gasteiger charge is -2.15. The Labute approximate surface area is 178 Å². The molecule has 3 rings (SSSR count). The number of ketones is 1. The molecule has 8 nitrogen and oxygen atoms in total. The standard InChI is InChI=1S/C21H25N5O3S/c1-6-26-15(14-9-7-12(2)8-10-14)11-23-20(26)30-13(3)17(27)16-18(22)24(4)21(29)25(5)19(16)28/h7-11,13H,6,22H2,1-5H3. The normalized spacial score (nSPS) is 12.2. The predicted molar refractivity (Wildman–Crippen MR) is 119 cm³/mol. The second-order valence-electron chi connectivity index (χ2n) is 7.13. The summed E-state index contributed by atoms with van der Waals surface area (Å²) in [6.07, 6.45) is 1.79. The van der Waals surface area contributed by atoms with E-state index < -0.39 is 22.3 Å². The maximum Gasteiger partial charge on any atom is 0.332 e. The molecular weight excluding hydrogens is 402 g/mol. The van der Waals surface area contributed by atoms with E-state index in [0.29, 0.717) is 11.7 Å². The molecule has 30 heavy (non-hydrogen) atoms. The van der Waals surface area contributed by atoms with Gasteiger partial charge in [-0.25, -0.2) is 9.78 Å². The number of nitrogens with zero attached hydrogens (tertiary/aromatic N) is 4. The van der Waals surface area contributed by atoms with E-state index in [1.807, 2.05) is 42.7 Å². The highest BCUT2D eigenvalue weighted by Gasteiger charge is 2.27. The topological polar surface area (TPSA) is 105 Å². The molecule has 0 bridgehead atoms. The summed E-state index contributed by atoms with van der Waals surface area (Å²) in [5.41, 5.74) is 7.67. The molecule has 2 heterocycles. The van der Waals surface area contributed by atoms with Crippen LogP contribution in [0.4, 0.5) is 5.82 Å². The molecule has 0 saturated carbocycles. The minimum Gasteiger partial charge on any atom is -0.384 e. The fourth-order valence-electron chi connectivity index (χ4n) is 3.22. The number of aryl methyl sites for hydroxylation is 1. The maximum absolute atomic E-state index is 13.1. The van der Waals surface area contributed by atoms with Crippen molar-refractivity contribution in [1.29, 1.82) is 0 Å². The smallest absolute Gasteiger partial charge is 0.332 e. The zero-order chi connectivity index (χ0) is 22.2. The molecular formula is C21H25N5O3S. The lowest BCUT2D eigenvalue weighted by atomic mass is 10.1. The number of thioether (sulfide) groups is 1. The molecule has 0 aliphatic heterocycles. The quantitative estimate of drug-likeness (QED) is 0.478. The van der Waals surface area contributed by atoms with Crippen LogP contribution in [0.5, 0.6) is 0 Å². The lowest BCUT2D eigenvalue weighted by molar-refractivity contribution is 0.0992. The molecule has 0 aliphatic rings. The van der Waals surface area contributed by atoms with Crippen molar-refractivity contribution in [1.82, 2.24) is 18.7 Å². The minimum atomic E-state index is -0.688. The van der Waals surface area contributed by atoms with Gasteiger partial charge >= 0.3 is 5.69 Å². The summed E-state index contributed by atoms with van der Waals surface area (Å²) in [6, 6.07) is 8.16. The molecule has 0 fully saturated rings. The van der Waals surface area contributed by atoms with Gasteiger partial charge in [-0.05, 0) is 26.3 Å². The third kappa shape index (κ3) is 3.72. The van der Waals surface area contributed by atoms with Gasteiger partial charge in [-0.1, -0.05) is 41.6 Å². The van der Waals surface area contributed by atoms with Gasteiger partial charge in [-0.15, -0.1) is 0 Å². The molecule has 0 amide bonds. The second kappa shape index (κ2) is 8.35. The maximum atomic E-state index is 13.1. The van der Waals surface area contributed by atoms with Crippen LogP contribution >= 0.6 is 11.8 Å². The SMILES string of the molecule is CCn1c(-c2ccc(C)cc2)cnc1SC(C)C(=O)c1c(N)n(C)c(=O)n(C)c1=O. The Morgan fingerprint density at radius 1 is 1.17 bits per heavy atom. The van der Waals surface area contributed by atoms with Crippen LogP contribution in [0.2, 0.25) is 0 Å². The third-order valence-corrected chi connectivity index (χ3v) is 6.19. The molecule has 9 heteroatoms. The Bertz CT molecular complexity index is 1220. The zero-order valence-electron chi connectivity index (χ0n) is 17.7. The van der Waals surface area contributed by atoms with E-state index in [1.54, 1.807) is 13.1 Å². The average molecular weight is 428 g/mol. The minimum absolute atomic E-state index is 0.125. The number of hydrogen-bond donors (Lipinski definition) is 1. The number of benzene rings is 1. The van der Waals surface area contributed by atoms with Gasteiger partial charge in [0.2, 0.25) is 0 Å². The predicted octanol–water partition coefficient (Wildman–Crippen LogP) is 2.22. The molecule has 0 saturated heterocycles. The number of carbonyl (C=O) groups is 1. The van der Waals surface area contributed by atoms with Gasteiger partial charge in [-0.2, -0.15) is 0 Å². The lowest BCUT2D eigenvalue weighted by Crippen LogP contribution is -2.42. The first-order valence-corrected chi connectivity index (χ1v) is 10.4. The van der Waals surface area contributed by atoms with E-state index in [2.05, 4.69) is 4.98 Å². The van der Waals surface area contributed by atoms with E-state index >= 15 is 0 Å². The number of carbonyl (C=O) groups excluding carboxylic acids is 1. The summed E-state index contributed by atoms with van der Waals surface area (Å²) >= 11 is 1.26. The summed E-state index contributed by atoms with van der Waals surface area (Å²) in [5, 5.41) is 0.0604. The molecule has 1 aromatic carbocycles. The van der Waals surface area contributed by atoms with Gasteiger partial charge in [0.1, 0.15) is 11.4 Å². The van der Waals surface area contributed by atoms with E-state index in [-0.39, 0.29) is 11.4 Å². The zero-order valence-corrected chi connectivity index (χ0v) is 18.5. The van der Waals surface area contributed by atoms with Gasteiger partial charge in [0.25, 0.3) is 5.56 Å². The van der Waals surface area contributed by atoms with E-state index in [0.717, 1.165) is 20.4 Å². The van der Waals surface area contributed by atoms with Gasteiger partial charge in [0.05, 0.1) is 17.1 Å². The molecule has 0 spiro atoms. The average Bonchev–Trinajstić information content (AvgIpc) is 3.13. The summed E-state index contributed by atoms with van der Waals surface area (Å²) in [5.74, 6) is -0.559. The van der Waals surface area contributed by atoms with Crippen LogP contribution in [0.25, 0.3) is 11.3 Å². The fraction of sp³-hybridized carbons (Fsp3) is 0.333. The van der Waals surface area contributed by atoms with Crippen molar-refractivity contribution in [2.24, 2.45) is 14.1 Å². The molecule has 0 radical (unpaired) electrons. The van der Waals surface area contributed by atoms with E-state index in [9.17, 15) is 14.4 Å². The van der Waals surface area contributed by atoms with Gasteiger partial charge in [0, 0.05) is 20.6 Å². The van der Waals surface area contributed by atoms with Crippen LogP contribution in [0.15, 0.2) is 45.2 Å². The van der Waals surface area contributed by atoms with Crippen molar-refractivity contribution in [2.45, 2.75) is 37.7 Å². The highest BCUT2D eigenvalue weighted by molar-refractivity contribution is 8.00. The first kappa shape index (κ1) is 21.6. The fourth-order valence-corrected chi connectivity index (χ4v) is 4.23. The molecule has 1 unspecified atom stereocenters. The van der Waals surface area contributed by atoms with Crippen LogP contribution < -0.4 is 17.0 Å². The Balaban J connectivity index is 1.95. The Kier molecular flexibility index (Phi) is 6.02. The molecule has 2 N–H and O–H groups in total. The van der Waals surface area contributed by atoms with Crippen molar-refractivity contribution in [2.75, 3.05) is 5.73 Å². The van der Waals surface area contributed by atoms with Crippen molar-refractivity contribution >= 4 is 23.4 Å². The summed E-state index contributed by atoms with van der Waals surface area (Å²) in [6.45, 7) is 6.43. The summed E-state index contributed by atoms with van der Waals surface area (Å²) in [7, 11) is 2.76. The number of Topliss-reactive ketones (excluding diaryl/α,β-unsaturated/α-hetero) is 1. The molecule has 0 aliphatic carbocycles. The van der Waals surface area contributed by atoms with Gasteiger partial charge in [-0.3, -0.25) is 18.7 Å². The van der Waals surface area contributed by atoms with Gasteiger partial charge < -0.3 is 10.3 Å². The van der Waals surface area contributed by atoms with E-state index in [1.165, 1.54) is 31.4 Å². The number of nitrogens with two attached hydrogens (primary N) is 1. The van der Waals surface area contributed by atoms with Gasteiger partial charge in [0.15, 0.2) is 10.9 Å². The van der Waals surface area contributed by atoms with Crippen LogP contribution in [0.3, 0.4) is 0 Å². The van der Waals surface area contributed by atoms with Crippen LogP contribution in [0.1, 0.15) is 29.8 Å². The Morgan fingerprint density at radius 3 is 2.40 bits per heavy atom. The monoisotopic (exact) mass is 427 g/mol. The van der Waals surface area contributed by atoms with Crippen molar-refractivity contribution in [3.63, 3.8) is 0 Å². The Hall–Kier alpha value is -3.07. The largest absolute Gasteiger partial charge is 0.384 e. The van der Waals surface area contributed by atoms with E-state index in [4.69, 9.17) is 5.73 Å². The molecule has 3 aromatic rings. The number of rotatable bonds is 6. The number of imidazole rings is 1. The first-order valence-electron chi connectivity index (χ1n) is 9.56. The molecule has 158 valence electrons. The molecule has 2 aromatic heterocycles. The van der Waals surface area contributed by atoms with Crippen LogP contribution in [-0.2, 0) is 20.6 Å². The summed E-state index contributed by atoms with van der Waals surface area (Å²) < 4.78 is 4.03.